The zero-order valence-corrected chi connectivity index (χ0v) is 44.2. The Morgan fingerprint density at radius 2 is 1.69 bits per heavy atom. The van der Waals surface area contributed by atoms with Crippen molar-refractivity contribution < 1.29 is 29.0 Å². The highest BCUT2D eigenvalue weighted by molar-refractivity contribution is 7.13. The number of aryl methyl sites for hydroxylation is 1. The molecule has 2 unspecified atom stereocenters. The lowest BCUT2D eigenvalue weighted by Gasteiger charge is -2.43. The van der Waals surface area contributed by atoms with Gasteiger partial charge in [0, 0.05) is 99.9 Å². The second-order valence-electron chi connectivity index (χ2n) is 21.7. The predicted molar refractivity (Wildman–Crippen MR) is 290 cm³/mol. The van der Waals surface area contributed by atoms with Crippen LogP contribution in [0.1, 0.15) is 81.9 Å². The lowest BCUT2D eigenvalue weighted by Crippen LogP contribution is -2.54. The smallest absolute Gasteiger partial charge is 0.238 e. The van der Waals surface area contributed by atoms with Gasteiger partial charge in [0.15, 0.2) is 11.6 Å². The maximum atomic E-state index is 13.6. The number of pyridine rings is 1. The van der Waals surface area contributed by atoms with Gasteiger partial charge in [-0.25, -0.2) is 9.97 Å². The van der Waals surface area contributed by atoms with Crippen LogP contribution in [0.15, 0.2) is 89.0 Å². The number of nitrogens with two attached hydrogens (primary N) is 1. The summed E-state index contributed by atoms with van der Waals surface area (Å²) in [5.74, 6) is 3.58. The van der Waals surface area contributed by atoms with Gasteiger partial charge in [-0.1, -0.05) is 55.4 Å². The molecule has 1 amide bonds. The van der Waals surface area contributed by atoms with Gasteiger partial charge < -0.3 is 50.0 Å². The summed E-state index contributed by atoms with van der Waals surface area (Å²) in [7, 11) is 0. The summed E-state index contributed by atoms with van der Waals surface area (Å²) in [4.78, 5) is 35.4. The van der Waals surface area contributed by atoms with E-state index in [2.05, 4.69) is 107 Å². The van der Waals surface area contributed by atoms with Gasteiger partial charge in [0.05, 0.1) is 59.0 Å². The monoisotopic (exact) mass is 1040 g/mol. The van der Waals surface area contributed by atoms with Crippen LogP contribution in [0.4, 0.5) is 23.0 Å². The van der Waals surface area contributed by atoms with Gasteiger partial charge in [-0.3, -0.25) is 14.6 Å². The van der Waals surface area contributed by atoms with Crippen molar-refractivity contribution in [3.63, 3.8) is 0 Å². The fraction of sp³-hybridized carbons (Fsp3) is 0.500. The summed E-state index contributed by atoms with van der Waals surface area (Å²) in [5.41, 5.74) is 14.6. The van der Waals surface area contributed by atoms with Crippen molar-refractivity contribution in [3.8, 4) is 33.3 Å². The third kappa shape index (κ3) is 11.1. The number of anilines is 4. The number of fused-ring (bicyclic) bond motifs is 2. The van der Waals surface area contributed by atoms with Crippen molar-refractivity contribution in [2.45, 2.75) is 102 Å². The summed E-state index contributed by atoms with van der Waals surface area (Å²) in [6.45, 7) is 15.6. The van der Waals surface area contributed by atoms with E-state index in [1.807, 2.05) is 48.7 Å². The van der Waals surface area contributed by atoms with Gasteiger partial charge >= 0.3 is 0 Å². The molecular formula is C56H70N12O6S. The van der Waals surface area contributed by atoms with E-state index in [9.17, 15) is 15.0 Å². The van der Waals surface area contributed by atoms with Crippen LogP contribution in [0.25, 0.3) is 21.7 Å². The van der Waals surface area contributed by atoms with E-state index in [4.69, 9.17) is 19.7 Å². The fourth-order valence-corrected chi connectivity index (χ4v) is 12.7. The van der Waals surface area contributed by atoms with E-state index in [1.165, 1.54) is 0 Å². The van der Waals surface area contributed by atoms with Crippen LogP contribution in [0.3, 0.4) is 0 Å². The number of phenolic OH excluding ortho intramolecular Hbond substituents is 1. The first kappa shape index (κ1) is 50.8. The Balaban J connectivity index is 0.610. The fourth-order valence-electron chi connectivity index (χ4n) is 11.9. The molecule has 11 rings (SSSR count). The first-order chi connectivity index (χ1) is 36.4. The number of ether oxygens (including phenoxy) is 2. The number of nitrogen functional groups attached to an aromatic ring is 1. The molecule has 5 N–H and O–H groups in total. The van der Waals surface area contributed by atoms with E-state index in [0.717, 1.165) is 116 Å². The number of aromatic hydroxyl groups is 1. The largest absolute Gasteiger partial charge is 0.507 e. The Labute approximate surface area is 442 Å². The highest BCUT2D eigenvalue weighted by Gasteiger charge is 2.42. The number of thiazole rings is 1. The predicted octanol–water partition coefficient (Wildman–Crippen LogP) is 7.11. The van der Waals surface area contributed by atoms with Crippen LogP contribution in [0, 0.1) is 18.8 Å². The lowest BCUT2D eigenvalue weighted by molar-refractivity contribution is -0.128. The number of aliphatic hydroxyl groups is 1. The van der Waals surface area contributed by atoms with Crippen molar-refractivity contribution in [2.24, 2.45) is 11.8 Å². The number of hydrogen-bond acceptors (Lipinski definition) is 18. The molecule has 75 heavy (non-hydrogen) atoms. The number of nitrogens with zero attached hydrogens (tertiary/aromatic N) is 10. The first-order valence-electron chi connectivity index (χ1n) is 26.7. The molecule has 6 atom stereocenters. The molecule has 4 saturated heterocycles. The molecule has 1 saturated carbocycles. The highest BCUT2D eigenvalue weighted by atomic mass is 32.1. The number of aliphatic hydroxyl groups excluding tert-OH is 1. The third-order valence-corrected chi connectivity index (χ3v) is 17.2. The van der Waals surface area contributed by atoms with E-state index in [-0.39, 0.29) is 42.4 Å². The van der Waals surface area contributed by atoms with Gasteiger partial charge in [-0.05, 0) is 93.2 Å². The summed E-state index contributed by atoms with van der Waals surface area (Å²) in [6, 6.07) is 23.6. The number of rotatable bonds is 18. The first-order valence-corrected chi connectivity index (χ1v) is 27.6. The summed E-state index contributed by atoms with van der Waals surface area (Å²) in [6.07, 6.45) is 5.99. The molecule has 1 aliphatic carbocycles. The lowest BCUT2D eigenvalue weighted by atomic mass is 9.82. The minimum Gasteiger partial charge on any atom is -0.507 e. The van der Waals surface area contributed by atoms with E-state index in [1.54, 1.807) is 23.5 Å². The second kappa shape index (κ2) is 22.1. The topological polar surface area (TPSA) is 208 Å². The zero-order chi connectivity index (χ0) is 51.7. The molecule has 0 radical (unpaired) electrons. The van der Waals surface area contributed by atoms with Gasteiger partial charge in [-0.2, -0.15) is 0 Å². The standard InChI is InChI=1S/C56H70N12O6S/c1-34(2)46(31-72-33-67-30-43(69)24-49(67)56(71)60-35(3)38-9-11-39(12-10-38)54-36(4)59-32-75-54)51-26-52(63-74-51)65-19-17-64(18-20-65)27-37-21-44(22-37)73-53-23-40(15-16-58-53)68-41-13-14-42(68)29-66(28-41)48-25-47(61-62-55(48)57)45-7-5-6-8-50(45)70/h5-12,15-16,23,25-26,32,34-35,37,41-44,46,49,69-70H,13-14,17-22,24,27-31,33H2,1-4H3,(H2,57,62)(H,60,71)/t35-,37-,41?,42?,43+,44-,46+,49-/m0/s1. The van der Waals surface area contributed by atoms with Gasteiger partial charge in [0.2, 0.25) is 11.8 Å². The van der Waals surface area contributed by atoms with Crippen LogP contribution in [-0.2, 0) is 9.53 Å². The maximum Gasteiger partial charge on any atom is 0.238 e. The minimum absolute atomic E-state index is 0.0227. The SMILES string of the molecule is Cc1ncsc1-c1ccc([C@H](C)NC(=O)[C@@H]2C[C@@H](O)CN2COC[C@@H](c2cc(N3CCN(C[C@H]4C[C@H](Oc5cc(N6C7CCC6CN(c6cc(-c8ccccc8O)nnc6N)C7)ccn5)C4)CC3)no2)C(C)C)cc1. The van der Waals surface area contributed by atoms with Crippen molar-refractivity contribution in [3.05, 3.63) is 102 Å². The summed E-state index contributed by atoms with van der Waals surface area (Å²) < 4.78 is 18.8. The number of benzene rings is 2. The van der Waals surface area contributed by atoms with Crippen LogP contribution in [0.5, 0.6) is 11.6 Å². The number of carbonyl (C=O) groups excluding carboxylic acids is 1. The molecule has 18 nitrogen and oxygen atoms in total. The average Bonchev–Trinajstić information content (AvgIpc) is 4.21. The second-order valence-corrected chi connectivity index (χ2v) is 22.5. The minimum atomic E-state index is -0.601. The average molecular weight is 1040 g/mol. The number of β-amino-alcohol motifs (C(OH)–C–C–N with tert-alkyl or cyclic N) is 1. The van der Waals surface area contributed by atoms with Crippen molar-refractivity contribution in [1.29, 1.82) is 0 Å². The molecule has 2 bridgehead atoms. The molecular weight excluding hydrogens is 969 g/mol. The Morgan fingerprint density at radius 3 is 2.43 bits per heavy atom. The number of amides is 1. The number of carbonyl (C=O) groups is 1. The molecule has 396 valence electrons. The highest BCUT2D eigenvalue weighted by Crippen LogP contribution is 2.41. The Morgan fingerprint density at radius 1 is 0.920 bits per heavy atom. The molecule has 2 aromatic carbocycles. The van der Waals surface area contributed by atoms with Crippen LogP contribution in [-0.4, -0.2) is 147 Å². The molecule has 4 aliphatic heterocycles. The van der Waals surface area contributed by atoms with E-state index >= 15 is 0 Å². The molecule has 5 aliphatic rings. The summed E-state index contributed by atoms with van der Waals surface area (Å²) >= 11 is 1.62. The molecule has 0 spiro atoms. The van der Waals surface area contributed by atoms with Crippen LogP contribution < -0.4 is 30.5 Å². The number of para-hydroxylation sites is 1. The Kier molecular flexibility index (Phi) is 14.9. The van der Waals surface area contributed by atoms with E-state index in [0.29, 0.717) is 60.5 Å². The number of piperazine rings is 2. The molecule has 19 heteroatoms. The Hall–Kier alpha value is -6.38. The van der Waals surface area contributed by atoms with Gasteiger partial charge in [-0.15, -0.1) is 21.5 Å². The Bertz CT molecular complexity index is 2890. The van der Waals surface area contributed by atoms with Crippen molar-refractivity contribution >= 4 is 40.3 Å². The molecule has 8 heterocycles. The zero-order valence-electron chi connectivity index (χ0n) is 43.4. The summed E-state index contributed by atoms with van der Waals surface area (Å²) in [5, 5.41) is 37.4. The quantitative estimate of drug-likeness (QED) is 0.0676. The van der Waals surface area contributed by atoms with Gasteiger partial charge in [0.1, 0.15) is 17.6 Å². The van der Waals surface area contributed by atoms with E-state index < -0.39 is 12.1 Å². The van der Waals surface area contributed by atoms with Gasteiger partial charge in [0.25, 0.3) is 0 Å². The number of nitrogens with one attached hydrogen (secondary N) is 1. The number of likely N-dealkylation sites (tertiary alicyclic amines) is 1. The normalized spacial score (nSPS) is 23.9. The number of hydrogen-bond donors (Lipinski definition) is 4. The maximum absolute atomic E-state index is 13.6. The molecule has 5 fully saturated rings. The van der Waals surface area contributed by atoms with Crippen LogP contribution in [0.2, 0.25) is 0 Å². The third-order valence-electron chi connectivity index (χ3n) is 16.2. The van der Waals surface area contributed by atoms with Crippen molar-refractivity contribution in [2.75, 3.05) is 86.1 Å². The molecule has 4 aromatic heterocycles. The number of aromatic nitrogens is 5. The molecule has 6 aromatic rings. The van der Waals surface area contributed by atoms with Crippen molar-refractivity contribution in [1.82, 2.24) is 40.4 Å². The number of phenols is 1. The van der Waals surface area contributed by atoms with Crippen LogP contribution >= 0.6 is 11.3 Å².